The molecule has 0 unspecified atom stereocenters. The number of carbonyl (C=O) groups excluding carboxylic acids is 1. The van der Waals surface area contributed by atoms with Gasteiger partial charge in [0.2, 0.25) is 0 Å². The summed E-state index contributed by atoms with van der Waals surface area (Å²) in [4.78, 5) is 12.4. The average molecular weight is 318 g/mol. The summed E-state index contributed by atoms with van der Waals surface area (Å²) >= 11 is 5.91. The van der Waals surface area contributed by atoms with Crippen molar-refractivity contribution in [3.63, 3.8) is 0 Å². The zero-order valence-electron chi connectivity index (χ0n) is 12.7. The van der Waals surface area contributed by atoms with Gasteiger partial charge < -0.3 is 5.32 Å². The van der Waals surface area contributed by atoms with Gasteiger partial charge in [0.25, 0.3) is 5.91 Å². The van der Waals surface area contributed by atoms with E-state index in [1.54, 1.807) is 10.9 Å². The Hall–Kier alpha value is -1.81. The number of nitrogens with zero attached hydrogens (tertiary/aromatic N) is 2. The molecule has 0 atom stereocenters. The molecule has 1 heterocycles. The van der Waals surface area contributed by atoms with Gasteiger partial charge in [-0.25, -0.2) is 4.68 Å². The second kappa shape index (κ2) is 6.53. The van der Waals surface area contributed by atoms with Crippen LogP contribution in [-0.4, -0.2) is 21.7 Å². The van der Waals surface area contributed by atoms with Crippen molar-refractivity contribution in [2.45, 2.75) is 45.1 Å². The third kappa shape index (κ3) is 3.17. The molecule has 0 radical (unpaired) electrons. The largest absolute Gasteiger partial charge is 0.349 e. The molecule has 22 heavy (non-hydrogen) atoms. The Morgan fingerprint density at radius 1 is 1.23 bits per heavy atom. The molecule has 4 nitrogen and oxygen atoms in total. The highest BCUT2D eigenvalue weighted by atomic mass is 35.5. The Morgan fingerprint density at radius 3 is 2.59 bits per heavy atom. The third-order valence-electron chi connectivity index (χ3n) is 4.27. The minimum atomic E-state index is -0.0235. The van der Waals surface area contributed by atoms with E-state index < -0.39 is 0 Å². The number of hydrogen-bond donors (Lipinski definition) is 1. The van der Waals surface area contributed by atoms with Crippen LogP contribution < -0.4 is 5.32 Å². The number of amides is 1. The normalized spacial score (nSPS) is 15.7. The second-order valence-electron chi connectivity index (χ2n) is 5.84. The smallest absolute Gasteiger partial charge is 0.254 e. The lowest BCUT2D eigenvalue weighted by molar-refractivity contribution is 0.0927. The maximum absolute atomic E-state index is 12.4. The minimum absolute atomic E-state index is 0.0235. The number of carbonyl (C=O) groups is 1. The van der Waals surface area contributed by atoms with Crippen LogP contribution in [0.3, 0.4) is 0 Å². The number of benzene rings is 1. The van der Waals surface area contributed by atoms with Crippen molar-refractivity contribution < 1.29 is 4.79 Å². The molecular weight excluding hydrogens is 298 g/mol. The summed E-state index contributed by atoms with van der Waals surface area (Å²) in [6.45, 7) is 1.91. The van der Waals surface area contributed by atoms with Crippen molar-refractivity contribution in [3.8, 4) is 5.69 Å². The van der Waals surface area contributed by atoms with E-state index in [-0.39, 0.29) is 5.91 Å². The summed E-state index contributed by atoms with van der Waals surface area (Å²) in [5.41, 5.74) is 2.38. The van der Waals surface area contributed by atoms with E-state index in [0.29, 0.717) is 16.6 Å². The van der Waals surface area contributed by atoms with Crippen LogP contribution in [0, 0.1) is 6.92 Å². The molecule has 5 heteroatoms. The van der Waals surface area contributed by atoms with Crippen LogP contribution in [0.1, 0.15) is 48.2 Å². The summed E-state index contributed by atoms with van der Waals surface area (Å²) in [5, 5.41) is 8.16. The fourth-order valence-electron chi connectivity index (χ4n) is 2.99. The fourth-order valence-corrected chi connectivity index (χ4v) is 3.11. The lowest BCUT2D eigenvalue weighted by Crippen LogP contribution is -2.36. The van der Waals surface area contributed by atoms with Crippen molar-refractivity contribution in [2.75, 3.05) is 0 Å². The average Bonchev–Trinajstić information content (AvgIpc) is 2.91. The van der Waals surface area contributed by atoms with Crippen LogP contribution in [0.5, 0.6) is 0 Å². The Morgan fingerprint density at radius 2 is 1.91 bits per heavy atom. The fraction of sp³-hybridized carbons (Fsp3) is 0.412. The predicted octanol–water partition coefficient (Wildman–Crippen LogP) is 3.90. The summed E-state index contributed by atoms with van der Waals surface area (Å²) in [7, 11) is 0. The van der Waals surface area contributed by atoms with Gasteiger partial charge in [-0.05, 0) is 44.0 Å². The lowest BCUT2D eigenvalue weighted by Gasteiger charge is -2.22. The molecule has 1 saturated carbocycles. The van der Waals surface area contributed by atoms with Gasteiger partial charge in [-0.3, -0.25) is 4.79 Å². The first-order valence-corrected chi connectivity index (χ1v) is 8.14. The van der Waals surface area contributed by atoms with Crippen LogP contribution in [0.25, 0.3) is 5.69 Å². The highest BCUT2D eigenvalue weighted by Gasteiger charge is 2.20. The van der Waals surface area contributed by atoms with Crippen LogP contribution in [0.4, 0.5) is 0 Å². The summed E-state index contributed by atoms with van der Waals surface area (Å²) in [6, 6.07) is 7.73. The molecule has 0 spiro atoms. The monoisotopic (exact) mass is 317 g/mol. The molecule has 3 rings (SSSR count). The zero-order valence-corrected chi connectivity index (χ0v) is 13.4. The zero-order chi connectivity index (χ0) is 15.5. The number of aromatic nitrogens is 2. The molecular formula is C17H20ClN3O. The molecule has 1 amide bonds. The first-order valence-electron chi connectivity index (χ1n) is 7.76. The Balaban J connectivity index is 1.77. The number of hydrogen-bond acceptors (Lipinski definition) is 2. The standard InChI is InChI=1S/C17H20ClN3O/c1-12-16(17(22)20-14-5-3-2-4-6-14)11-19-21(12)15-9-7-13(18)8-10-15/h7-11,14H,2-6H2,1H3,(H,20,22). The van der Waals surface area contributed by atoms with E-state index in [0.717, 1.165) is 24.2 Å². The summed E-state index contributed by atoms with van der Waals surface area (Å²) < 4.78 is 1.77. The van der Waals surface area contributed by atoms with Crippen molar-refractivity contribution in [1.29, 1.82) is 0 Å². The lowest BCUT2D eigenvalue weighted by atomic mass is 9.95. The maximum atomic E-state index is 12.4. The minimum Gasteiger partial charge on any atom is -0.349 e. The number of nitrogens with one attached hydrogen (secondary N) is 1. The van der Waals surface area contributed by atoms with Crippen LogP contribution in [-0.2, 0) is 0 Å². The molecule has 1 aromatic heterocycles. The molecule has 0 bridgehead atoms. The Kier molecular flexibility index (Phi) is 4.48. The van der Waals surface area contributed by atoms with Crippen LogP contribution in [0.15, 0.2) is 30.5 Å². The third-order valence-corrected chi connectivity index (χ3v) is 4.52. The van der Waals surface area contributed by atoms with Gasteiger partial charge in [0.15, 0.2) is 0 Å². The molecule has 0 aliphatic heterocycles. The topological polar surface area (TPSA) is 46.9 Å². The van der Waals surface area contributed by atoms with Gasteiger partial charge in [-0.15, -0.1) is 0 Å². The van der Waals surface area contributed by atoms with Crippen molar-refractivity contribution in [3.05, 3.63) is 46.7 Å². The molecule has 0 saturated heterocycles. The van der Waals surface area contributed by atoms with Gasteiger partial charge >= 0.3 is 0 Å². The molecule has 1 aliphatic carbocycles. The van der Waals surface area contributed by atoms with E-state index >= 15 is 0 Å². The first-order chi connectivity index (χ1) is 10.6. The van der Waals surface area contributed by atoms with Gasteiger partial charge in [-0.2, -0.15) is 5.10 Å². The van der Waals surface area contributed by atoms with Gasteiger partial charge in [0.1, 0.15) is 0 Å². The van der Waals surface area contributed by atoms with Crippen molar-refractivity contribution in [1.82, 2.24) is 15.1 Å². The van der Waals surface area contributed by atoms with Gasteiger partial charge in [0, 0.05) is 11.1 Å². The van der Waals surface area contributed by atoms with E-state index in [2.05, 4.69) is 10.4 Å². The van der Waals surface area contributed by atoms with Crippen LogP contribution in [0.2, 0.25) is 5.02 Å². The highest BCUT2D eigenvalue weighted by molar-refractivity contribution is 6.30. The Labute approximate surface area is 135 Å². The van der Waals surface area contributed by atoms with Crippen molar-refractivity contribution >= 4 is 17.5 Å². The summed E-state index contributed by atoms with van der Waals surface area (Å²) in [5.74, 6) is -0.0235. The molecule has 1 N–H and O–H groups in total. The predicted molar refractivity (Wildman–Crippen MR) is 87.7 cm³/mol. The molecule has 1 aliphatic rings. The van der Waals surface area contributed by atoms with Gasteiger partial charge in [-0.1, -0.05) is 30.9 Å². The quantitative estimate of drug-likeness (QED) is 0.933. The molecule has 1 aromatic carbocycles. The van der Waals surface area contributed by atoms with Crippen LogP contribution >= 0.6 is 11.6 Å². The Bertz CT molecular complexity index is 657. The molecule has 2 aromatic rings. The van der Waals surface area contributed by atoms with E-state index in [1.165, 1.54) is 19.3 Å². The number of halogens is 1. The molecule has 116 valence electrons. The van der Waals surface area contributed by atoms with E-state index in [4.69, 9.17) is 11.6 Å². The van der Waals surface area contributed by atoms with Gasteiger partial charge in [0.05, 0.1) is 23.1 Å². The van der Waals surface area contributed by atoms with Crippen molar-refractivity contribution in [2.24, 2.45) is 0 Å². The number of rotatable bonds is 3. The summed E-state index contributed by atoms with van der Waals surface area (Å²) in [6.07, 6.45) is 7.48. The second-order valence-corrected chi connectivity index (χ2v) is 6.28. The molecule has 1 fully saturated rings. The van der Waals surface area contributed by atoms with E-state index in [9.17, 15) is 4.79 Å². The maximum Gasteiger partial charge on any atom is 0.254 e. The SMILES string of the molecule is Cc1c(C(=O)NC2CCCCC2)cnn1-c1ccc(Cl)cc1. The first kappa shape index (κ1) is 15.1. The highest BCUT2D eigenvalue weighted by Crippen LogP contribution is 2.20. The van der Waals surface area contributed by atoms with E-state index in [1.807, 2.05) is 31.2 Å².